The van der Waals surface area contributed by atoms with E-state index in [1.807, 2.05) is 24.3 Å². The highest BCUT2D eigenvalue weighted by Gasteiger charge is 2.22. The van der Waals surface area contributed by atoms with Crippen LogP contribution in [0.5, 0.6) is 5.75 Å². The van der Waals surface area contributed by atoms with Crippen molar-refractivity contribution in [2.45, 2.75) is 26.3 Å². The molecule has 0 saturated heterocycles. The van der Waals surface area contributed by atoms with Crippen molar-refractivity contribution in [2.24, 2.45) is 5.92 Å². The van der Waals surface area contributed by atoms with Crippen LogP contribution in [0.1, 0.15) is 32.2 Å². The number of benzene rings is 2. The van der Waals surface area contributed by atoms with E-state index in [2.05, 4.69) is 24.1 Å². The van der Waals surface area contributed by atoms with Crippen molar-refractivity contribution in [3.8, 4) is 5.75 Å². The van der Waals surface area contributed by atoms with Gasteiger partial charge in [-0.3, -0.25) is 4.79 Å². The lowest BCUT2D eigenvalue weighted by molar-refractivity contribution is -0.124. The normalized spacial score (nSPS) is 12.3. The first-order valence-corrected chi connectivity index (χ1v) is 8.92. The average Bonchev–Trinajstić information content (AvgIpc) is 3.04. The summed E-state index contributed by atoms with van der Waals surface area (Å²) >= 11 is 5.84. The Labute approximate surface area is 157 Å². The van der Waals surface area contributed by atoms with E-state index >= 15 is 0 Å². The van der Waals surface area contributed by atoms with Gasteiger partial charge in [0.1, 0.15) is 17.3 Å². The smallest absolute Gasteiger partial charge is 0.258 e. The van der Waals surface area contributed by atoms with E-state index in [0.717, 1.165) is 11.9 Å². The molecule has 0 bridgehead atoms. The monoisotopic (exact) mass is 372 g/mol. The zero-order valence-electron chi connectivity index (χ0n) is 14.7. The summed E-state index contributed by atoms with van der Waals surface area (Å²) in [5.41, 5.74) is 1.49. The van der Waals surface area contributed by atoms with E-state index in [1.54, 1.807) is 24.3 Å². The van der Waals surface area contributed by atoms with Crippen LogP contribution in [-0.4, -0.2) is 17.5 Å². The number of nitrogens with zero attached hydrogens (tertiary/aromatic N) is 1. The second-order valence-electron chi connectivity index (χ2n) is 6.51. The highest BCUT2D eigenvalue weighted by molar-refractivity contribution is 6.30. The molecule has 3 aromatic rings. The van der Waals surface area contributed by atoms with Crippen molar-refractivity contribution in [3.05, 3.63) is 59.4 Å². The van der Waals surface area contributed by atoms with Crippen molar-refractivity contribution >= 4 is 28.6 Å². The minimum atomic E-state index is -0.302. The molecule has 1 atom stereocenters. The van der Waals surface area contributed by atoms with Crippen LogP contribution in [0.15, 0.2) is 52.9 Å². The quantitative estimate of drug-likeness (QED) is 0.649. The van der Waals surface area contributed by atoms with Crippen LogP contribution in [0.25, 0.3) is 11.1 Å². The summed E-state index contributed by atoms with van der Waals surface area (Å²) < 4.78 is 11.3. The maximum Gasteiger partial charge on any atom is 0.258 e. The third-order valence-corrected chi connectivity index (χ3v) is 4.09. The predicted molar refractivity (Wildman–Crippen MR) is 101 cm³/mol. The Morgan fingerprint density at radius 3 is 2.62 bits per heavy atom. The Balaban J connectivity index is 1.67. The lowest BCUT2D eigenvalue weighted by atomic mass is 10.0. The second kappa shape index (κ2) is 8.23. The van der Waals surface area contributed by atoms with Crippen LogP contribution in [0.2, 0.25) is 5.02 Å². The van der Waals surface area contributed by atoms with Crippen molar-refractivity contribution in [1.29, 1.82) is 0 Å². The maximum absolute atomic E-state index is 12.3. The van der Waals surface area contributed by atoms with E-state index < -0.39 is 0 Å². The molecule has 5 nitrogen and oxygen atoms in total. The molecule has 0 saturated carbocycles. The molecule has 6 heteroatoms. The Bertz CT molecular complexity index is 841. The van der Waals surface area contributed by atoms with E-state index in [0.29, 0.717) is 28.2 Å². The molecule has 0 aliphatic carbocycles. The fraction of sp³-hybridized carbons (Fsp3) is 0.300. The number of hydrogen-bond donors (Lipinski definition) is 1. The molecule has 0 aliphatic rings. The highest BCUT2D eigenvalue weighted by atomic mass is 35.5. The summed E-state index contributed by atoms with van der Waals surface area (Å²) in [6, 6.07) is 14.1. The lowest BCUT2D eigenvalue weighted by Crippen LogP contribution is -2.33. The van der Waals surface area contributed by atoms with Crippen molar-refractivity contribution in [1.82, 2.24) is 10.3 Å². The minimum Gasteiger partial charge on any atom is -0.484 e. The van der Waals surface area contributed by atoms with Crippen molar-refractivity contribution < 1.29 is 13.9 Å². The molecule has 136 valence electrons. The van der Waals surface area contributed by atoms with Gasteiger partial charge in [-0.1, -0.05) is 37.6 Å². The number of aromatic nitrogens is 1. The Hall–Kier alpha value is -2.53. The minimum absolute atomic E-state index is 0.0868. The third-order valence-electron chi connectivity index (χ3n) is 3.83. The SMILES string of the molecule is CC(C)C[C@H](NC(=O)COc1ccc(Cl)cc1)c1nc2ccccc2o1. The Morgan fingerprint density at radius 2 is 1.92 bits per heavy atom. The van der Waals surface area contributed by atoms with E-state index in [1.165, 1.54) is 0 Å². The topological polar surface area (TPSA) is 64.4 Å². The summed E-state index contributed by atoms with van der Waals surface area (Å²) in [6.07, 6.45) is 0.722. The van der Waals surface area contributed by atoms with Crippen LogP contribution in [-0.2, 0) is 4.79 Å². The van der Waals surface area contributed by atoms with Gasteiger partial charge in [0.15, 0.2) is 12.2 Å². The van der Waals surface area contributed by atoms with Gasteiger partial charge in [-0.15, -0.1) is 0 Å². The number of para-hydroxylation sites is 2. The van der Waals surface area contributed by atoms with Crippen LogP contribution in [0.4, 0.5) is 0 Å². The van der Waals surface area contributed by atoms with E-state index in [4.69, 9.17) is 20.8 Å². The number of amides is 1. The molecule has 0 radical (unpaired) electrons. The number of fused-ring (bicyclic) bond motifs is 1. The molecule has 26 heavy (non-hydrogen) atoms. The zero-order chi connectivity index (χ0) is 18.5. The van der Waals surface area contributed by atoms with Crippen LogP contribution < -0.4 is 10.1 Å². The maximum atomic E-state index is 12.3. The van der Waals surface area contributed by atoms with Crippen LogP contribution in [0, 0.1) is 5.92 Å². The molecular weight excluding hydrogens is 352 g/mol. The largest absolute Gasteiger partial charge is 0.484 e. The van der Waals surface area contributed by atoms with Gasteiger partial charge < -0.3 is 14.5 Å². The van der Waals surface area contributed by atoms with Crippen LogP contribution in [0.3, 0.4) is 0 Å². The van der Waals surface area contributed by atoms with Gasteiger partial charge in [-0.25, -0.2) is 4.98 Å². The Morgan fingerprint density at radius 1 is 1.19 bits per heavy atom. The lowest BCUT2D eigenvalue weighted by Gasteiger charge is -2.17. The molecule has 0 fully saturated rings. The molecule has 2 aromatic carbocycles. The average molecular weight is 373 g/mol. The molecular formula is C20H21ClN2O3. The number of rotatable bonds is 7. The number of carbonyl (C=O) groups is 1. The number of carbonyl (C=O) groups excluding carboxylic acids is 1. The zero-order valence-corrected chi connectivity index (χ0v) is 15.5. The summed E-state index contributed by atoms with van der Waals surface area (Å²) in [4.78, 5) is 16.8. The van der Waals surface area contributed by atoms with Gasteiger partial charge in [-0.05, 0) is 48.7 Å². The number of hydrogen-bond acceptors (Lipinski definition) is 4. The number of halogens is 1. The van der Waals surface area contributed by atoms with Gasteiger partial charge in [-0.2, -0.15) is 0 Å². The van der Waals surface area contributed by atoms with Crippen LogP contribution >= 0.6 is 11.6 Å². The first kappa shape index (κ1) is 18.3. The van der Waals surface area contributed by atoms with Gasteiger partial charge in [0.25, 0.3) is 5.91 Å². The number of ether oxygens (including phenoxy) is 1. The highest BCUT2D eigenvalue weighted by Crippen LogP contribution is 2.25. The molecule has 1 aromatic heterocycles. The standard InChI is InChI=1S/C20H21ClN2O3/c1-13(2)11-17(20-23-16-5-3-4-6-18(16)26-20)22-19(24)12-25-15-9-7-14(21)8-10-15/h3-10,13,17H,11-12H2,1-2H3,(H,22,24)/t17-/m0/s1. The molecule has 3 rings (SSSR count). The fourth-order valence-corrected chi connectivity index (χ4v) is 2.77. The second-order valence-corrected chi connectivity index (χ2v) is 6.95. The Kier molecular flexibility index (Phi) is 5.78. The van der Waals surface area contributed by atoms with E-state index in [-0.39, 0.29) is 18.6 Å². The fourth-order valence-electron chi connectivity index (χ4n) is 2.65. The molecule has 1 heterocycles. The third kappa shape index (κ3) is 4.76. The summed E-state index contributed by atoms with van der Waals surface area (Å²) in [5.74, 6) is 1.24. The first-order chi connectivity index (χ1) is 12.5. The van der Waals surface area contributed by atoms with Gasteiger partial charge >= 0.3 is 0 Å². The summed E-state index contributed by atoms with van der Waals surface area (Å²) in [6.45, 7) is 4.09. The molecule has 1 amide bonds. The van der Waals surface area contributed by atoms with E-state index in [9.17, 15) is 4.79 Å². The number of nitrogens with one attached hydrogen (secondary N) is 1. The van der Waals surface area contributed by atoms with Gasteiger partial charge in [0.2, 0.25) is 5.89 Å². The van der Waals surface area contributed by atoms with Gasteiger partial charge in [0.05, 0.1) is 0 Å². The molecule has 0 spiro atoms. The van der Waals surface area contributed by atoms with Gasteiger partial charge in [0, 0.05) is 5.02 Å². The van der Waals surface area contributed by atoms with Crippen molar-refractivity contribution in [3.63, 3.8) is 0 Å². The summed E-state index contributed by atoms with van der Waals surface area (Å²) in [7, 11) is 0. The summed E-state index contributed by atoms with van der Waals surface area (Å²) in [5, 5.41) is 3.58. The molecule has 1 N–H and O–H groups in total. The predicted octanol–water partition coefficient (Wildman–Crippen LogP) is 4.76. The first-order valence-electron chi connectivity index (χ1n) is 8.54. The molecule has 0 aliphatic heterocycles. The number of oxazole rings is 1. The molecule has 0 unspecified atom stereocenters. The van der Waals surface area contributed by atoms with Crippen molar-refractivity contribution in [2.75, 3.05) is 6.61 Å².